The lowest BCUT2D eigenvalue weighted by Gasteiger charge is -2.23. The van der Waals surface area contributed by atoms with Crippen LogP contribution in [0.15, 0.2) is 12.1 Å². The minimum atomic E-state index is -0.482. The third-order valence-electron chi connectivity index (χ3n) is 3.92. The van der Waals surface area contributed by atoms with Gasteiger partial charge in [0, 0.05) is 31.8 Å². The Morgan fingerprint density at radius 2 is 2.05 bits per heavy atom. The summed E-state index contributed by atoms with van der Waals surface area (Å²) in [6.45, 7) is 5.95. The number of benzene rings is 1. The molecule has 0 bridgehead atoms. The van der Waals surface area contributed by atoms with Crippen molar-refractivity contribution in [1.82, 2.24) is 4.90 Å². The van der Waals surface area contributed by atoms with Crippen LogP contribution < -0.4 is 4.90 Å². The van der Waals surface area contributed by atoms with Crippen LogP contribution in [0.2, 0.25) is 10.0 Å². The third kappa shape index (κ3) is 3.78. The van der Waals surface area contributed by atoms with Gasteiger partial charge in [0.15, 0.2) is 0 Å². The van der Waals surface area contributed by atoms with Crippen LogP contribution in [0.3, 0.4) is 0 Å². The van der Waals surface area contributed by atoms with Gasteiger partial charge >= 0.3 is 0 Å². The Morgan fingerprint density at radius 1 is 1.43 bits per heavy atom. The van der Waals surface area contributed by atoms with Gasteiger partial charge in [-0.05, 0) is 25.9 Å². The highest BCUT2D eigenvalue weighted by atomic mass is 35.5. The Hall–Kier alpha value is -1.04. The van der Waals surface area contributed by atoms with Crippen LogP contribution in [0.25, 0.3) is 0 Å². The molecule has 1 aromatic carbocycles. The Morgan fingerprint density at radius 3 is 2.57 bits per heavy atom. The first-order valence-corrected chi connectivity index (χ1v) is 7.74. The maximum absolute atomic E-state index is 10.8. The number of rotatable bonds is 5. The Labute approximate surface area is 134 Å². The molecule has 1 unspecified atom stereocenters. The van der Waals surface area contributed by atoms with Crippen molar-refractivity contribution in [2.75, 3.05) is 38.1 Å². The zero-order valence-corrected chi connectivity index (χ0v) is 13.7. The molecule has 1 aromatic rings. The number of halogens is 2. The highest BCUT2D eigenvalue weighted by Crippen LogP contribution is 2.39. The minimum absolute atomic E-state index is 0.0739. The predicted octanol–water partition coefficient (Wildman–Crippen LogP) is 3.68. The Kier molecular flexibility index (Phi) is 5.30. The maximum atomic E-state index is 10.8. The van der Waals surface area contributed by atoms with E-state index in [1.54, 1.807) is 0 Å². The number of nitro benzene ring substituents is 1. The average Bonchev–Trinajstić information content (AvgIpc) is 2.85. The molecule has 7 heteroatoms. The predicted molar refractivity (Wildman–Crippen MR) is 86.6 cm³/mol. The van der Waals surface area contributed by atoms with Crippen LogP contribution in [0.5, 0.6) is 0 Å². The van der Waals surface area contributed by atoms with Crippen LogP contribution >= 0.6 is 23.2 Å². The van der Waals surface area contributed by atoms with Crippen molar-refractivity contribution in [1.29, 1.82) is 0 Å². The number of hydrogen-bond acceptors (Lipinski definition) is 4. The van der Waals surface area contributed by atoms with Gasteiger partial charge in [0.05, 0.1) is 20.7 Å². The van der Waals surface area contributed by atoms with E-state index in [1.807, 2.05) is 0 Å². The normalized spacial score (nSPS) is 18.5. The molecule has 1 aliphatic heterocycles. The molecule has 0 aliphatic carbocycles. The van der Waals surface area contributed by atoms with Gasteiger partial charge in [0.1, 0.15) is 0 Å². The molecule has 1 aliphatic rings. The summed E-state index contributed by atoms with van der Waals surface area (Å²) in [7, 11) is 2.11. The number of non-ortho nitro benzene ring substituents is 1. The number of hydrogen-bond donors (Lipinski definition) is 0. The molecule has 0 saturated carbocycles. The van der Waals surface area contributed by atoms with Gasteiger partial charge in [-0.15, -0.1) is 0 Å². The van der Waals surface area contributed by atoms with E-state index < -0.39 is 4.92 Å². The number of anilines is 1. The minimum Gasteiger partial charge on any atom is -0.369 e. The van der Waals surface area contributed by atoms with E-state index >= 15 is 0 Å². The van der Waals surface area contributed by atoms with Crippen molar-refractivity contribution in [3.63, 3.8) is 0 Å². The fourth-order valence-electron chi connectivity index (χ4n) is 2.71. The number of nitrogens with zero attached hydrogens (tertiary/aromatic N) is 3. The standard InChI is InChI=1S/C14H19Cl2N3O2/c1-3-17(2)8-10-4-5-18(9-10)14-12(15)6-11(19(20)21)7-13(14)16/h6-7,10H,3-5,8-9H2,1-2H3. The molecule has 5 nitrogen and oxygen atoms in total. The van der Waals surface area contributed by atoms with Gasteiger partial charge < -0.3 is 9.80 Å². The first kappa shape index (κ1) is 16.3. The van der Waals surface area contributed by atoms with E-state index in [-0.39, 0.29) is 5.69 Å². The van der Waals surface area contributed by atoms with Crippen molar-refractivity contribution < 1.29 is 4.92 Å². The highest BCUT2D eigenvalue weighted by molar-refractivity contribution is 6.39. The molecule has 0 spiro atoms. The van der Waals surface area contributed by atoms with Crippen molar-refractivity contribution in [3.05, 3.63) is 32.3 Å². The second kappa shape index (κ2) is 6.81. The van der Waals surface area contributed by atoms with Crippen molar-refractivity contribution in [2.24, 2.45) is 5.92 Å². The summed E-state index contributed by atoms with van der Waals surface area (Å²) in [6, 6.07) is 2.74. The molecule has 21 heavy (non-hydrogen) atoms. The maximum Gasteiger partial charge on any atom is 0.272 e. The molecule has 1 saturated heterocycles. The third-order valence-corrected chi connectivity index (χ3v) is 4.50. The zero-order valence-electron chi connectivity index (χ0n) is 12.2. The topological polar surface area (TPSA) is 49.6 Å². The molecule has 0 N–H and O–H groups in total. The molecule has 1 fully saturated rings. The monoisotopic (exact) mass is 331 g/mol. The van der Waals surface area contributed by atoms with Gasteiger partial charge in [-0.2, -0.15) is 0 Å². The zero-order chi connectivity index (χ0) is 15.6. The summed E-state index contributed by atoms with van der Waals surface area (Å²) in [6.07, 6.45) is 1.08. The molecule has 0 amide bonds. The van der Waals surface area contributed by atoms with Gasteiger partial charge in [0.25, 0.3) is 5.69 Å². The SMILES string of the molecule is CCN(C)CC1CCN(c2c(Cl)cc([N+](=O)[O-])cc2Cl)C1. The summed E-state index contributed by atoms with van der Waals surface area (Å²) in [4.78, 5) is 14.7. The van der Waals surface area contributed by atoms with E-state index in [2.05, 4.69) is 23.8 Å². The summed E-state index contributed by atoms with van der Waals surface area (Å²) in [5, 5.41) is 11.5. The van der Waals surface area contributed by atoms with E-state index in [9.17, 15) is 10.1 Å². The first-order chi connectivity index (χ1) is 9.92. The summed E-state index contributed by atoms with van der Waals surface area (Å²) >= 11 is 12.4. The second-order valence-corrected chi connectivity index (χ2v) is 6.29. The van der Waals surface area contributed by atoms with Crippen LogP contribution in [-0.2, 0) is 0 Å². The van der Waals surface area contributed by atoms with Crippen LogP contribution in [0.4, 0.5) is 11.4 Å². The van der Waals surface area contributed by atoms with Crippen LogP contribution in [-0.4, -0.2) is 43.0 Å². The smallest absolute Gasteiger partial charge is 0.272 e. The molecule has 1 heterocycles. The van der Waals surface area contributed by atoms with Crippen LogP contribution in [0.1, 0.15) is 13.3 Å². The Bertz CT molecular complexity index is 516. The molecular weight excluding hydrogens is 313 g/mol. The molecular formula is C14H19Cl2N3O2. The first-order valence-electron chi connectivity index (χ1n) is 6.99. The second-order valence-electron chi connectivity index (χ2n) is 5.47. The lowest BCUT2D eigenvalue weighted by Crippen LogP contribution is -2.28. The van der Waals surface area contributed by atoms with E-state index in [1.165, 1.54) is 12.1 Å². The van der Waals surface area contributed by atoms with Gasteiger partial charge in [0.2, 0.25) is 0 Å². The average molecular weight is 332 g/mol. The highest BCUT2D eigenvalue weighted by Gasteiger charge is 2.27. The largest absolute Gasteiger partial charge is 0.369 e. The molecule has 0 aromatic heterocycles. The molecule has 0 radical (unpaired) electrons. The fraction of sp³-hybridized carbons (Fsp3) is 0.571. The van der Waals surface area contributed by atoms with E-state index in [4.69, 9.17) is 23.2 Å². The lowest BCUT2D eigenvalue weighted by molar-refractivity contribution is -0.384. The fourth-order valence-corrected chi connectivity index (χ4v) is 3.43. The van der Waals surface area contributed by atoms with Crippen LogP contribution in [0, 0.1) is 16.0 Å². The van der Waals surface area contributed by atoms with Gasteiger partial charge in [-0.1, -0.05) is 30.1 Å². The van der Waals surface area contributed by atoms with Crippen molar-refractivity contribution in [2.45, 2.75) is 13.3 Å². The lowest BCUT2D eigenvalue weighted by atomic mass is 10.1. The number of nitro groups is 1. The Balaban J connectivity index is 2.15. The van der Waals surface area contributed by atoms with Gasteiger partial charge in [-0.25, -0.2) is 0 Å². The van der Waals surface area contributed by atoms with Gasteiger partial charge in [-0.3, -0.25) is 10.1 Å². The summed E-state index contributed by atoms with van der Waals surface area (Å²) in [5.74, 6) is 0.567. The quantitative estimate of drug-likeness (QED) is 0.610. The molecule has 116 valence electrons. The molecule has 2 rings (SSSR count). The van der Waals surface area contributed by atoms with Crippen molar-refractivity contribution in [3.8, 4) is 0 Å². The molecule has 1 atom stereocenters. The summed E-state index contributed by atoms with van der Waals surface area (Å²) < 4.78 is 0. The van der Waals surface area contributed by atoms with Crippen molar-refractivity contribution >= 4 is 34.6 Å². The summed E-state index contributed by atoms with van der Waals surface area (Å²) in [5.41, 5.74) is 0.640. The van der Waals surface area contributed by atoms with E-state index in [0.29, 0.717) is 21.7 Å². The van der Waals surface area contributed by atoms with E-state index in [0.717, 1.165) is 32.6 Å².